The molecular formula is C13H18F3N3O. The Morgan fingerprint density at radius 3 is 2.45 bits per heavy atom. The highest BCUT2D eigenvalue weighted by molar-refractivity contribution is 5.85. The molecule has 0 bridgehead atoms. The molecule has 0 aromatic heterocycles. The van der Waals surface area contributed by atoms with Gasteiger partial charge in [0.15, 0.2) is 11.6 Å². The summed E-state index contributed by atoms with van der Waals surface area (Å²) in [5.41, 5.74) is 4.94. The molecule has 0 saturated carbocycles. The van der Waals surface area contributed by atoms with Crippen molar-refractivity contribution in [1.82, 2.24) is 0 Å². The lowest BCUT2D eigenvalue weighted by Gasteiger charge is -2.22. The average molecular weight is 289 g/mol. The summed E-state index contributed by atoms with van der Waals surface area (Å²) < 4.78 is 39.0. The minimum absolute atomic E-state index is 0.0921. The van der Waals surface area contributed by atoms with Crippen molar-refractivity contribution in [3.63, 3.8) is 0 Å². The van der Waals surface area contributed by atoms with Crippen molar-refractivity contribution in [2.75, 3.05) is 11.9 Å². The molecule has 0 fully saturated rings. The van der Waals surface area contributed by atoms with E-state index in [1.54, 1.807) is 13.8 Å². The summed E-state index contributed by atoms with van der Waals surface area (Å²) in [5.74, 6) is -3.07. The van der Waals surface area contributed by atoms with Crippen LogP contribution in [-0.2, 0) is 0 Å². The van der Waals surface area contributed by atoms with E-state index in [9.17, 15) is 13.2 Å². The van der Waals surface area contributed by atoms with Crippen molar-refractivity contribution in [2.45, 2.75) is 26.7 Å². The van der Waals surface area contributed by atoms with Crippen LogP contribution in [0.3, 0.4) is 0 Å². The highest BCUT2D eigenvalue weighted by Crippen LogP contribution is 2.23. The summed E-state index contributed by atoms with van der Waals surface area (Å²) in [5, 5.41) is 14.3. The molecule has 0 aliphatic rings. The lowest BCUT2D eigenvalue weighted by molar-refractivity contribution is 0.305. The first-order chi connectivity index (χ1) is 9.27. The van der Waals surface area contributed by atoms with Crippen LogP contribution in [0.4, 0.5) is 18.9 Å². The van der Waals surface area contributed by atoms with Gasteiger partial charge in [-0.05, 0) is 12.8 Å². The second kappa shape index (κ2) is 6.49. The number of oxime groups is 1. The van der Waals surface area contributed by atoms with Crippen LogP contribution in [0.25, 0.3) is 0 Å². The van der Waals surface area contributed by atoms with Crippen molar-refractivity contribution in [3.05, 3.63) is 29.6 Å². The van der Waals surface area contributed by atoms with Crippen LogP contribution in [-0.4, -0.2) is 17.6 Å². The van der Waals surface area contributed by atoms with Crippen LogP contribution < -0.4 is 11.1 Å². The first-order valence-corrected chi connectivity index (χ1v) is 6.14. The SMILES string of the molecule is CC(C)(CCCNc1cc(F)c(F)cc1F)C(N)=NO. The highest BCUT2D eigenvalue weighted by Gasteiger charge is 2.22. The van der Waals surface area contributed by atoms with Crippen LogP contribution >= 0.6 is 0 Å². The first-order valence-electron chi connectivity index (χ1n) is 6.14. The normalized spacial score (nSPS) is 12.6. The number of halogens is 3. The van der Waals surface area contributed by atoms with E-state index in [0.717, 1.165) is 6.07 Å². The van der Waals surface area contributed by atoms with Crippen LogP contribution in [0.1, 0.15) is 26.7 Å². The van der Waals surface area contributed by atoms with Crippen molar-refractivity contribution >= 4 is 11.5 Å². The smallest absolute Gasteiger partial charge is 0.161 e. The highest BCUT2D eigenvalue weighted by atomic mass is 19.2. The molecule has 0 spiro atoms. The van der Waals surface area contributed by atoms with Gasteiger partial charge in [-0.25, -0.2) is 13.2 Å². The van der Waals surface area contributed by atoms with Gasteiger partial charge in [-0.3, -0.25) is 0 Å². The van der Waals surface area contributed by atoms with Crippen LogP contribution in [0.2, 0.25) is 0 Å². The minimum atomic E-state index is -1.22. The van der Waals surface area contributed by atoms with Gasteiger partial charge in [0.1, 0.15) is 11.7 Å². The molecule has 4 N–H and O–H groups in total. The van der Waals surface area contributed by atoms with Gasteiger partial charge >= 0.3 is 0 Å². The van der Waals surface area contributed by atoms with E-state index in [2.05, 4.69) is 10.5 Å². The van der Waals surface area contributed by atoms with E-state index in [0.29, 0.717) is 25.5 Å². The molecule has 0 heterocycles. The topological polar surface area (TPSA) is 70.6 Å². The molecule has 0 unspecified atom stereocenters. The Labute approximate surface area is 115 Å². The second-order valence-corrected chi connectivity index (χ2v) is 5.15. The number of nitrogens with two attached hydrogens (primary N) is 1. The number of nitrogens with zero attached hydrogens (tertiary/aromatic N) is 1. The summed E-state index contributed by atoms with van der Waals surface area (Å²) in [6.07, 6.45) is 1.17. The van der Waals surface area contributed by atoms with Crippen LogP contribution in [0.15, 0.2) is 17.3 Å². The fraction of sp³-hybridized carbons (Fsp3) is 0.462. The minimum Gasteiger partial charge on any atom is -0.409 e. The van der Waals surface area contributed by atoms with Gasteiger partial charge < -0.3 is 16.3 Å². The van der Waals surface area contributed by atoms with E-state index in [1.807, 2.05) is 0 Å². The number of amidine groups is 1. The zero-order valence-corrected chi connectivity index (χ0v) is 11.4. The molecule has 1 aromatic carbocycles. The molecule has 112 valence electrons. The van der Waals surface area contributed by atoms with Gasteiger partial charge in [0, 0.05) is 24.1 Å². The predicted octanol–water partition coefficient (Wildman–Crippen LogP) is 3.07. The lowest BCUT2D eigenvalue weighted by Crippen LogP contribution is -2.32. The predicted molar refractivity (Wildman–Crippen MR) is 71.2 cm³/mol. The standard InChI is InChI=1S/C13H18F3N3O/c1-13(2,12(17)19-20)4-3-5-18-11-7-9(15)8(14)6-10(11)16/h6-7,18,20H,3-5H2,1-2H3,(H2,17,19). The van der Waals surface area contributed by atoms with Crippen LogP contribution in [0.5, 0.6) is 0 Å². The van der Waals surface area contributed by atoms with E-state index >= 15 is 0 Å². The van der Waals surface area contributed by atoms with E-state index in [1.165, 1.54) is 0 Å². The molecule has 0 amide bonds. The molecule has 4 nitrogen and oxygen atoms in total. The van der Waals surface area contributed by atoms with Crippen LogP contribution in [0, 0.1) is 22.9 Å². The second-order valence-electron chi connectivity index (χ2n) is 5.15. The molecule has 0 aliphatic heterocycles. The molecule has 7 heteroatoms. The summed E-state index contributed by atoms with van der Waals surface area (Å²) in [6.45, 7) is 3.96. The molecule has 0 atom stereocenters. The first kappa shape index (κ1) is 16.1. The Morgan fingerprint density at radius 1 is 1.25 bits per heavy atom. The van der Waals surface area contributed by atoms with Crippen molar-refractivity contribution in [3.8, 4) is 0 Å². The largest absolute Gasteiger partial charge is 0.409 e. The maximum atomic E-state index is 13.3. The number of hydrogen-bond acceptors (Lipinski definition) is 3. The van der Waals surface area contributed by atoms with Gasteiger partial charge in [-0.15, -0.1) is 0 Å². The molecule has 0 radical (unpaired) electrons. The van der Waals surface area contributed by atoms with E-state index in [4.69, 9.17) is 10.9 Å². The number of nitrogens with one attached hydrogen (secondary N) is 1. The third-order valence-electron chi connectivity index (χ3n) is 3.11. The fourth-order valence-electron chi connectivity index (χ4n) is 1.67. The Hall–Kier alpha value is -1.92. The van der Waals surface area contributed by atoms with Crippen molar-refractivity contribution < 1.29 is 18.4 Å². The van der Waals surface area contributed by atoms with Crippen molar-refractivity contribution in [2.24, 2.45) is 16.3 Å². The van der Waals surface area contributed by atoms with Crippen molar-refractivity contribution in [1.29, 1.82) is 0 Å². The van der Waals surface area contributed by atoms with Gasteiger partial charge in [0.2, 0.25) is 0 Å². The summed E-state index contributed by atoms with van der Waals surface area (Å²) in [7, 11) is 0. The Kier molecular flexibility index (Phi) is 5.24. The van der Waals surface area contributed by atoms with Gasteiger partial charge in [0.05, 0.1) is 5.69 Å². The molecule has 0 aliphatic carbocycles. The number of benzene rings is 1. The molecular weight excluding hydrogens is 271 g/mol. The van der Waals surface area contributed by atoms with E-state index < -0.39 is 22.9 Å². The number of hydrogen-bond donors (Lipinski definition) is 3. The molecule has 20 heavy (non-hydrogen) atoms. The summed E-state index contributed by atoms with van der Waals surface area (Å²) in [4.78, 5) is 0. The fourth-order valence-corrected chi connectivity index (χ4v) is 1.67. The average Bonchev–Trinajstić information content (AvgIpc) is 2.39. The monoisotopic (exact) mass is 289 g/mol. The van der Waals surface area contributed by atoms with Gasteiger partial charge in [0.25, 0.3) is 0 Å². The van der Waals surface area contributed by atoms with E-state index in [-0.39, 0.29) is 11.5 Å². The summed E-state index contributed by atoms with van der Waals surface area (Å²) in [6, 6.07) is 1.28. The Balaban J connectivity index is 2.52. The number of rotatable bonds is 6. The Bertz CT molecular complexity index is 504. The molecule has 1 aromatic rings. The summed E-state index contributed by atoms with van der Waals surface area (Å²) >= 11 is 0. The lowest BCUT2D eigenvalue weighted by atomic mass is 9.86. The quantitative estimate of drug-likeness (QED) is 0.188. The van der Waals surface area contributed by atoms with Gasteiger partial charge in [-0.1, -0.05) is 19.0 Å². The zero-order chi connectivity index (χ0) is 15.3. The maximum absolute atomic E-state index is 13.3. The third-order valence-corrected chi connectivity index (χ3v) is 3.11. The zero-order valence-electron chi connectivity index (χ0n) is 11.4. The maximum Gasteiger partial charge on any atom is 0.161 e. The number of anilines is 1. The Morgan fingerprint density at radius 2 is 1.85 bits per heavy atom. The molecule has 1 rings (SSSR count). The molecule has 0 saturated heterocycles. The third kappa shape index (κ3) is 4.04. The van der Waals surface area contributed by atoms with Gasteiger partial charge in [-0.2, -0.15) is 0 Å².